The number of benzene rings is 2. The zero-order chi connectivity index (χ0) is 28.4. The van der Waals surface area contributed by atoms with Gasteiger partial charge in [-0.15, -0.1) is 11.3 Å². The molecule has 2 aromatic carbocycles. The molecule has 3 unspecified atom stereocenters. The van der Waals surface area contributed by atoms with Crippen molar-refractivity contribution >= 4 is 34.1 Å². The molecule has 39 heavy (non-hydrogen) atoms. The van der Waals surface area contributed by atoms with E-state index in [1.807, 2.05) is 49.6 Å². The highest BCUT2D eigenvalue weighted by Gasteiger charge is 2.58. The third-order valence-corrected chi connectivity index (χ3v) is 7.00. The van der Waals surface area contributed by atoms with Gasteiger partial charge >= 0.3 is 11.9 Å². The summed E-state index contributed by atoms with van der Waals surface area (Å²) in [6.45, 7) is 7.72. The van der Waals surface area contributed by atoms with Gasteiger partial charge in [0.15, 0.2) is 5.13 Å². The Morgan fingerprint density at radius 1 is 1.08 bits per heavy atom. The molecular weight excluding hydrogens is 520 g/mol. The summed E-state index contributed by atoms with van der Waals surface area (Å²) in [6, 6.07) is 16.2. The summed E-state index contributed by atoms with van der Waals surface area (Å²) in [7, 11) is 0. The lowest BCUT2D eigenvalue weighted by Gasteiger charge is -2.48. The van der Waals surface area contributed by atoms with Crippen LogP contribution in [0.4, 0.5) is 10.8 Å². The Kier molecular flexibility index (Phi) is 10.2. The second-order valence-corrected chi connectivity index (χ2v) is 9.48. The number of carbonyl (C=O) groups is 2. The van der Waals surface area contributed by atoms with Gasteiger partial charge in [0, 0.05) is 35.4 Å². The smallest absolute Gasteiger partial charge is 0.337 e. The topological polar surface area (TPSA) is 133 Å². The number of hydrogen-bond donors (Lipinski definition) is 2. The van der Waals surface area contributed by atoms with Crippen LogP contribution >= 0.6 is 11.3 Å². The quantitative estimate of drug-likeness (QED) is 0.229. The van der Waals surface area contributed by atoms with Gasteiger partial charge in [-0.05, 0) is 33.3 Å². The summed E-state index contributed by atoms with van der Waals surface area (Å²) in [5.41, 5.74) is 0.682. The maximum atomic E-state index is 13.6. The molecule has 2 heterocycles. The highest BCUT2D eigenvalue weighted by atomic mass is 32.1. The van der Waals surface area contributed by atoms with E-state index in [0.29, 0.717) is 16.4 Å². The number of carbonyl (C=O) groups excluding carboxylic acids is 2. The van der Waals surface area contributed by atoms with Crippen LogP contribution in [-0.4, -0.2) is 47.1 Å². The van der Waals surface area contributed by atoms with Crippen LogP contribution in [0.3, 0.4) is 0 Å². The number of nitro benzene ring substituents is 1. The van der Waals surface area contributed by atoms with Crippen LogP contribution in [0.5, 0.6) is 0 Å². The van der Waals surface area contributed by atoms with Crippen molar-refractivity contribution in [3.05, 3.63) is 99.2 Å². The van der Waals surface area contributed by atoms with Crippen LogP contribution in [0.2, 0.25) is 0 Å². The monoisotopic (exact) mass is 552 g/mol. The molecule has 1 aliphatic heterocycles. The number of aromatic nitrogens is 1. The third kappa shape index (κ3) is 6.43. The van der Waals surface area contributed by atoms with Crippen molar-refractivity contribution in [2.24, 2.45) is 0 Å². The minimum Gasteiger partial charge on any atom is -0.465 e. The predicted molar refractivity (Wildman–Crippen MR) is 149 cm³/mol. The van der Waals surface area contributed by atoms with E-state index in [2.05, 4.69) is 15.6 Å². The van der Waals surface area contributed by atoms with Gasteiger partial charge in [0.2, 0.25) is 0 Å². The molecule has 0 aliphatic carbocycles. The Hall–Kier alpha value is -4.25. The molecule has 2 N–H and O–H groups in total. The summed E-state index contributed by atoms with van der Waals surface area (Å²) in [5.74, 6) is -0.896. The van der Waals surface area contributed by atoms with Gasteiger partial charge in [-0.2, -0.15) is 0 Å². The summed E-state index contributed by atoms with van der Waals surface area (Å²) in [4.78, 5) is 40.5. The normalized spacial score (nSPS) is 20.1. The Morgan fingerprint density at radius 3 is 2.21 bits per heavy atom. The third-order valence-electron chi connectivity index (χ3n) is 6.29. The lowest BCUT2D eigenvalue weighted by molar-refractivity contribution is -0.384. The zero-order valence-electron chi connectivity index (χ0n) is 22.2. The molecule has 1 aromatic heterocycles. The molecule has 1 aliphatic rings. The van der Waals surface area contributed by atoms with Crippen LogP contribution in [0, 0.1) is 10.1 Å². The summed E-state index contributed by atoms with van der Waals surface area (Å²) >= 11 is 1.40. The Labute approximate surface area is 231 Å². The van der Waals surface area contributed by atoms with Gasteiger partial charge < -0.3 is 20.1 Å². The second kappa shape index (κ2) is 13.5. The molecule has 3 atom stereocenters. The van der Waals surface area contributed by atoms with E-state index < -0.39 is 28.3 Å². The van der Waals surface area contributed by atoms with E-state index in [1.54, 1.807) is 38.2 Å². The van der Waals surface area contributed by atoms with Crippen LogP contribution in [0.1, 0.15) is 33.3 Å². The molecule has 3 aromatic rings. The molecule has 0 spiro atoms. The van der Waals surface area contributed by atoms with E-state index >= 15 is 0 Å². The minimum absolute atomic E-state index is 0.137. The number of nitrogens with one attached hydrogen (secondary N) is 2. The minimum atomic E-state index is -1.22. The number of allylic oxidation sites excluding steroid dienone is 1. The largest absolute Gasteiger partial charge is 0.465 e. The number of nitro groups is 1. The number of para-hydroxylation sites is 1. The average molecular weight is 553 g/mol. The van der Waals surface area contributed by atoms with Crippen molar-refractivity contribution in [1.29, 1.82) is 0 Å². The fraction of sp³-hybridized carbons (Fsp3) is 0.321. The van der Waals surface area contributed by atoms with Crippen molar-refractivity contribution < 1.29 is 24.0 Å². The van der Waals surface area contributed by atoms with E-state index in [4.69, 9.17) is 9.47 Å². The lowest BCUT2D eigenvalue weighted by atomic mass is 9.64. The van der Waals surface area contributed by atoms with Gasteiger partial charge in [-0.1, -0.05) is 48.5 Å². The molecule has 0 radical (unpaired) electrons. The van der Waals surface area contributed by atoms with Crippen LogP contribution in [0.15, 0.2) is 83.5 Å². The molecule has 4 rings (SSSR count). The van der Waals surface area contributed by atoms with Crippen molar-refractivity contribution in [2.45, 2.75) is 45.2 Å². The molecule has 0 amide bonds. The Morgan fingerprint density at radius 2 is 1.69 bits per heavy atom. The van der Waals surface area contributed by atoms with E-state index in [-0.39, 0.29) is 24.9 Å². The fourth-order valence-corrected chi connectivity index (χ4v) is 5.20. The van der Waals surface area contributed by atoms with Gasteiger partial charge in [0.1, 0.15) is 5.41 Å². The number of rotatable bonds is 8. The van der Waals surface area contributed by atoms with Crippen molar-refractivity contribution in [3.63, 3.8) is 0 Å². The highest BCUT2D eigenvalue weighted by molar-refractivity contribution is 7.13. The van der Waals surface area contributed by atoms with Crippen molar-refractivity contribution in [3.8, 4) is 0 Å². The number of esters is 2. The molecular formula is C28H32N4O6S. The van der Waals surface area contributed by atoms with Gasteiger partial charge in [0.25, 0.3) is 5.69 Å². The first kappa shape index (κ1) is 29.3. The molecule has 11 heteroatoms. The molecule has 0 saturated carbocycles. The first-order valence-electron chi connectivity index (χ1n) is 12.5. The molecule has 206 valence electrons. The SMILES string of the molecule is CCOC(=O)C1=C(C)NC(C)C(C(=O)OCC)(c2ccccc2)C1Nc1nccs1.O=[N+]([O-])c1ccccc1. The lowest BCUT2D eigenvalue weighted by Crippen LogP contribution is -2.66. The number of hydrogen-bond acceptors (Lipinski definition) is 10. The first-order valence-corrected chi connectivity index (χ1v) is 13.4. The summed E-state index contributed by atoms with van der Waals surface area (Å²) in [5, 5.41) is 19.1. The van der Waals surface area contributed by atoms with Gasteiger partial charge in [-0.25, -0.2) is 9.78 Å². The predicted octanol–water partition coefficient (Wildman–Crippen LogP) is 4.85. The zero-order valence-corrected chi connectivity index (χ0v) is 23.1. The van der Waals surface area contributed by atoms with Crippen LogP contribution in [0.25, 0.3) is 0 Å². The van der Waals surface area contributed by atoms with Crippen LogP contribution < -0.4 is 10.6 Å². The summed E-state index contributed by atoms with van der Waals surface area (Å²) < 4.78 is 10.9. The second-order valence-electron chi connectivity index (χ2n) is 8.59. The van der Waals surface area contributed by atoms with E-state index in [1.165, 1.54) is 23.5 Å². The van der Waals surface area contributed by atoms with Crippen molar-refractivity contribution in [1.82, 2.24) is 10.3 Å². The maximum Gasteiger partial charge on any atom is 0.337 e. The fourth-order valence-electron chi connectivity index (χ4n) is 4.64. The van der Waals surface area contributed by atoms with Gasteiger partial charge in [0.05, 0.1) is 29.8 Å². The van der Waals surface area contributed by atoms with E-state index in [9.17, 15) is 19.7 Å². The molecule has 0 bridgehead atoms. The summed E-state index contributed by atoms with van der Waals surface area (Å²) in [6.07, 6.45) is 1.67. The number of thiazole rings is 1. The molecule has 10 nitrogen and oxygen atoms in total. The number of anilines is 1. The highest BCUT2D eigenvalue weighted by Crippen LogP contribution is 2.42. The standard InChI is InChI=1S/C22H27N3O4S.C6H5NO2/c1-5-28-19(26)17-14(3)24-15(4)22(20(27)29-6-2,16-10-8-7-9-11-16)18(17)25-21-23-12-13-30-21;8-7(9)6-4-2-1-3-5-6/h7-13,15,18,24H,5-6H2,1-4H3,(H,23,25);1-5H. The number of non-ortho nitro benzene ring substituents is 1. The molecule has 0 fully saturated rings. The van der Waals surface area contributed by atoms with Crippen molar-refractivity contribution in [2.75, 3.05) is 18.5 Å². The number of nitrogens with zero attached hydrogens (tertiary/aromatic N) is 2. The Bertz CT molecular complexity index is 1280. The van der Waals surface area contributed by atoms with E-state index in [0.717, 1.165) is 5.56 Å². The maximum absolute atomic E-state index is 13.6. The average Bonchev–Trinajstić information content (AvgIpc) is 3.44. The van der Waals surface area contributed by atoms with Gasteiger partial charge in [-0.3, -0.25) is 14.9 Å². The Balaban J connectivity index is 0.000000395. The number of ether oxygens (including phenoxy) is 2. The van der Waals surface area contributed by atoms with Crippen LogP contribution in [-0.2, 0) is 24.5 Å². The first-order chi connectivity index (χ1) is 18.8. The molecule has 0 saturated heterocycles.